The summed E-state index contributed by atoms with van der Waals surface area (Å²) in [6, 6.07) is 19.1. The molecule has 0 saturated heterocycles. The van der Waals surface area contributed by atoms with Crippen molar-refractivity contribution in [2.45, 2.75) is 235 Å². The Hall–Kier alpha value is -3.36. The number of aryl methyl sites for hydroxylation is 1. The molecule has 2 aromatic heterocycles. The normalized spacial score (nSPS) is 13.9. The van der Waals surface area contributed by atoms with Gasteiger partial charge in [-0.2, -0.15) is 0 Å². The van der Waals surface area contributed by atoms with E-state index in [1.807, 2.05) is 0 Å². The predicted octanol–water partition coefficient (Wildman–Crippen LogP) is 20.7. The summed E-state index contributed by atoms with van der Waals surface area (Å²) in [6.07, 6.45) is 3.80. The number of hydrogen-bond donors (Lipinski definition) is 1. The smallest absolute Gasteiger partial charge is 0.306 e. The Morgan fingerprint density at radius 3 is 0.838 bits per heavy atom. The number of nitrogens with one attached hydrogen (secondary N) is 1. The van der Waals surface area contributed by atoms with Crippen molar-refractivity contribution in [3.8, 4) is 0 Å². The Bertz CT molecular complexity index is 2520. The van der Waals surface area contributed by atoms with Gasteiger partial charge < -0.3 is 16.8 Å². The van der Waals surface area contributed by atoms with E-state index in [1.165, 1.54) is 44.5 Å². The fraction of sp³-hybridized carbons (Fsp3) is 0.607. The molecule has 0 aliphatic heterocycles. The summed E-state index contributed by atoms with van der Waals surface area (Å²) in [5, 5.41) is 8.38. The SMILES string of the molecule is CC(C)(C)c1cc(C(C)(C)C)c2op(CCCCCNp3oc4c(C(C)(C)C)cc(C(C)(C)C)cc4c4cc(C(C)(C)C)cc(C(C)(C)C)c4o3)oc3c(C(C)(C)C)cc(C(C)(C)C)cc3c2c1. The van der Waals surface area contributed by atoms with E-state index >= 15 is 0 Å². The largest absolute Gasteiger partial charge is 0.419 e. The minimum absolute atomic E-state index is 0.0358. The molecular formula is C61H91NO4P2. The molecule has 68 heavy (non-hydrogen) atoms. The molecule has 2 heterocycles. The molecule has 0 aliphatic carbocycles. The highest BCUT2D eigenvalue weighted by atomic mass is 31.1. The Labute approximate surface area is 414 Å². The van der Waals surface area contributed by atoms with Crippen LogP contribution in [0.4, 0.5) is 0 Å². The van der Waals surface area contributed by atoms with Gasteiger partial charge in [0.2, 0.25) is 8.01 Å². The van der Waals surface area contributed by atoms with E-state index in [1.54, 1.807) is 0 Å². The standard InChI is InChI=1S/C61H91NO4P2/c1-54(2,3)38-30-42-43-31-39(55(4,5)6)35-47(59(16,17)18)51(43)64-67(63-50(42)46(34-38)58(13,14)15)29-27-25-26-28-62-68-65-52-44(32-40(56(7,8)9)36-48(52)60(19,20)21)45-33-41(57(10,11)12)37-49(53(45)66-68)61(22,23)24/h30-37,62H,25-29H2,1-24H3. The summed E-state index contributed by atoms with van der Waals surface area (Å²) in [5.41, 5.74) is 13.3. The summed E-state index contributed by atoms with van der Waals surface area (Å²) in [4.78, 5) is 0. The highest BCUT2D eigenvalue weighted by Gasteiger charge is 2.31. The topological polar surface area (TPSA) is 64.6 Å². The maximum absolute atomic E-state index is 7.27. The zero-order valence-electron chi connectivity index (χ0n) is 47.2. The van der Waals surface area contributed by atoms with Gasteiger partial charge in [0.25, 0.3) is 0 Å². The van der Waals surface area contributed by atoms with Gasteiger partial charge in [-0.3, -0.25) is 0 Å². The van der Waals surface area contributed by atoms with Crippen molar-refractivity contribution >= 4 is 60.1 Å². The average Bonchev–Trinajstić information content (AvgIpc) is 3.42. The van der Waals surface area contributed by atoms with Crippen LogP contribution in [0.3, 0.4) is 0 Å². The van der Waals surface area contributed by atoms with Gasteiger partial charge in [-0.1, -0.05) is 197 Å². The summed E-state index contributed by atoms with van der Waals surface area (Å²) < 4.78 is 28.9. The predicted molar refractivity (Wildman–Crippen MR) is 300 cm³/mol. The van der Waals surface area contributed by atoms with Crippen LogP contribution in [0.15, 0.2) is 65.3 Å². The summed E-state index contributed by atoms with van der Waals surface area (Å²) in [5.74, 6) is 0. The van der Waals surface area contributed by atoms with Crippen molar-refractivity contribution in [3.63, 3.8) is 0 Å². The third kappa shape index (κ3) is 11.9. The van der Waals surface area contributed by atoms with Crippen molar-refractivity contribution in [1.82, 2.24) is 0 Å². The lowest BCUT2D eigenvalue weighted by atomic mass is 9.77. The quantitative estimate of drug-likeness (QED) is 0.162. The highest BCUT2D eigenvalue weighted by Crippen LogP contribution is 2.48. The Morgan fingerprint density at radius 1 is 0.324 bits per heavy atom. The van der Waals surface area contributed by atoms with Gasteiger partial charge in [0.1, 0.15) is 22.3 Å². The van der Waals surface area contributed by atoms with Crippen LogP contribution in [0.2, 0.25) is 0 Å². The van der Waals surface area contributed by atoms with Crippen LogP contribution in [0.1, 0.15) is 230 Å². The van der Waals surface area contributed by atoms with Gasteiger partial charge >= 0.3 is 8.16 Å². The molecule has 6 aromatic rings. The van der Waals surface area contributed by atoms with Crippen molar-refractivity contribution in [1.29, 1.82) is 0 Å². The Morgan fingerprint density at radius 2 is 0.588 bits per heavy atom. The first-order valence-electron chi connectivity index (χ1n) is 25.6. The molecule has 0 aliphatic rings. The van der Waals surface area contributed by atoms with E-state index in [4.69, 9.17) is 16.8 Å². The van der Waals surface area contributed by atoms with Crippen LogP contribution in [-0.4, -0.2) is 6.54 Å². The van der Waals surface area contributed by atoms with Gasteiger partial charge in [-0.15, -0.1) is 0 Å². The lowest BCUT2D eigenvalue weighted by Gasteiger charge is -2.27. The van der Waals surface area contributed by atoms with Crippen molar-refractivity contribution in [2.24, 2.45) is 0 Å². The Balaban J connectivity index is 1.44. The van der Waals surface area contributed by atoms with Crippen molar-refractivity contribution in [3.05, 3.63) is 93.0 Å². The zero-order valence-corrected chi connectivity index (χ0v) is 49.0. The van der Waals surface area contributed by atoms with E-state index in [9.17, 15) is 0 Å². The molecule has 0 spiro atoms. The second-order valence-electron chi connectivity index (χ2n) is 28.2. The van der Waals surface area contributed by atoms with E-state index in [-0.39, 0.29) is 43.3 Å². The molecule has 6 rings (SSSR count). The minimum Gasteiger partial charge on any atom is -0.419 e. The number of rotatable bonds is 7. The van der Waals surface area contributed by atoms with E-state index in [0.29, 0.717) is 0 Å². The van der Waals surface area contributed by atoms with Gasteiger partial charge in [-0.25, -0.2) is 5.09 Å². The lowest BCUT2D eigenvalue weighted by molar-refractivity contribution is 0.551. The first-order valence-corrected chi connectivity index (χ1v) is 28.1. The summed E-state index contributed by atoms with van der Waals surface area (Å²) >= 11 is 0. The second kappa shape index (κ2) is 18.4. The maximum Gasteiger partial charge on any atom is 0.306 e. The molecule has 1 N–H and O–H groups in total. The fourth-order valence-electron chi connectivity index (χ4n) is 8.95. The molecular weight excluding hydrogens is 873 g/mol. The van der Waals surface area contributed by atoms with Gasteiger partial charge in [0.15, 0.2) is 0 Å². The first-order chi connectivity index (χ1) is 30.8. The summed E-state index contributed by atoms with van der Waals surface area (Å²) in [6.45, 7) is 56.2. The van der Waals surface area contributed by atoms with E-state index in [0.717, 1.165) is 75.8 Å². The molecule has 7 heteroatoms. The van der Waals surface area contributed by atoms with Gasteiger partial charge in [0, 0.05) is 50.3 Å². The molecule has 5 nitrogen and oxygen atoms in total. The van der Waals surface area contributed by atoms with Crippen LogP contribution < -0.4 is 5.09 Å². The highest BCUT2D eigenvalue weighted by molar-refractivity contribution is 7.38. The van der Waals surface area contributed by atoms with Crippen molar-refractivity contribution in [2.75, 3.05) is 11.6 Å². The number of benzene rings is 4. The van der Waals surface area contributed by atoms with Crippen LogP contribution in [0, 0.1) is 0 Å². The first kappa shape index (κ1) is 54.0. The average molecular weight is 964 g/mol. The molecule has 0 amide bonds. The van der Waals surface area contributed by atoms with Crippen LogP contribution in [-0.2, 0) is 49.5 Å². The Kier molecular flexibility index (Phi) is 14.6. The molecule has 374 valence electrons. The molecule has 0 bridgehead atoms. The van der Waals surface area contributed by atoms with Crippen molar-refractivity contribution < 1.29 is 16.8 Å². The molecule has 0 saturated carbocycles. The minimum atomic E-state index is -1.52. The molecule has 0 atom stereocenters. The van der Waals surface area contributed by atoms with Crippen LogP contribution >= 0.6 is 16.2 Å². The summed E-state index contributed by atoms with van der Waals surface area (Å²) in [7, 11) is -2.80. The third-order valence-electron chi connectivity index (χ3n) is 13.6. The molecule has 4 aromatic carbocycles. The maximum atomic E-state index is 7.27. The van der Waals surface area contributed by atoms with E-state index < -0.39 is 16.2 Å². The molecule has 0 unspecified atom stereocenters. The second-order valence-corrected chi connectivity index (χ2v) is 30.9. The molecule has 0 radical (unpaired) electrons. The molecule has 0 fully saturated rings. The number of fused-ring (bicyclic) bond motifs is 6. The van der Waals surface area contributed by atoms with Gasteiger partial charge in [0.05, 0.1) is 6.16 Å². The van der Waals surface area contributed by atoms with Crippen LogP contribution in [0.5, 0.6) is 0 Å². The van der Waals surface area contributed by atoms with Crippen LogP contribution in [0.25, 0.3) is 43.9 Å². The van der Waals surface area contributed by atoms with Gasteiger partial charge in [-0.05, 0) is 103 Å². The third-order valence-corrected chi connectivity index (χ3v) is 16.3. The zero-order chi connectivity index (χ0) is 51.1. The monoisotopic (exact) mass is 964 g/mol. The number of unbranched alkanes of at least 4 members (excludes halogenated alkanes) is 2. The van der Waals surface area contributed by atoms with E-state index in [2.05, 4.69) is 220 Å². The fourth-order valence-corrected chi connectivity index (χ4v) is 11.7. The lowest BCUT2D eigenvalue weighted by Crippen LogP contribution is -2.17. The number of hydrogen-bond acceptors (Lipinski definition) is 5.